The van der Waals surface area contributed by atoms with Gasteiger partial charge in [0.15, 0.2) is 0 Å². The van der Waals surface area contributed by atoms with Gasteiger partial charge in [-0.1, -0.05) is 157 Å². The van der Waals surface area contributed by atoms with Crippen LogP contribution in [0.3, 0.4) is 0 Å². The summed E-state index contributed by atoms with van der Waals surface area (Å²) in [6, 6.07) is 69.7. The predicted octanol–water partition coefficient (Wildman–Crippen LogP) is 13.4. The predicted molar refractivity (Wildman–Crippen MR) is 218 cm³/mol. The molecule has 0 bridgehead atoms. The summed E-state index contributed by atoms with van der Waals surface area (Å²) >= 11 is 3.81. The number of aromatic nitrogens is 1. The van der Waals surface area contributed by atoms with E-state index in [0.29, 0.717) is 0 Å². The first kappa shape index (κ1) is 29.9. The van der Waals surface area contributed by atoms with Crippen molar-refractivity contribution in [3.63, 3.8) is 0 Å². The molecular weight excluding hydrogens is 667 g/mol. The van der Waals surface area contributed by atoms with Gasteiger partial charge < -0.3 is 4.57 Å². The third-order valence-electron chi connectivity index (χ3n) is 10.9. The third-order valence-corrected chi connectivity index (χ3v) is 13.3. The molecule has 2 aliphatic heterocycles. The maximum Gasteiger partial charge on any atom is 0.0745 e. The van der Waals surface area contributed by atoms with Crippen LogP contribution in [0.2, 0.25) is 0 Å². The minimum Gasteiger partial charge on any atom is -0.309 e. The molecule has 3 heteroatoms. The summed E-state index contributed by atoms with van der Waals surface area (Å²) in [5.41, 5.74) is 13.5. The largest absolute Gasteiger partial charge is 0.309 e. The van der Waals surface area contributed by atoms with Crippen LogP contribution < -0.4 is 0 Å². The van der Waals surface area contributed by atoms with Crippen LogP contribution in [-0.4, -0.2) is 4.57 Å². The Morgan fingerprint density at radius 1 is 0.365 bits per heavy atom. The Morgan fingerprint density at radius 2 is 0.962 bits per heavy atom. The first-order valence-corrected chi connectivity index (χ1v) is 19.4. The fourth-order valence-corrected chi connectivity index (χ4v) is 11.2. The van der Waals surface area contributed by atoms with Gasteiger partial charge in [0.2, 0.25) is 0 Å². The normalized spacial score (nSPS) is 13.8. The maximum atomic E-state index is 2.50. The van der Waals surface area contributed by atoms with Crippen molar-refractivity contribution in [1.82, 2.24) is 4.57 Å². The highest BCUT2D eigenvalue weighted by Crippen LogP contribution is 2.63. The van der Waals surface area contributed by atoms with Crippen molar-refractivity contribution >= 4 is 45.3 Å². The summed E-state index contributed by atoms with van der Waals surface area (Å²) in [5, 5.41) is 2.53. The van der Waals surface area contributed by atoms with Crippen LogP contribution in [0, 0.1) is 0 Å². The van der Waals surface area contributed by atoms with Gasteiger partial charge in [0, 0.05) is 36.0 Å². The second-order valence-corrected chi connectivity index (χ2v) is 15.8. The molecule has 2 aliphatic rings. The Bertz CT molecular complexity index is 2810. The molecule has 1 aromatic heterocycles. The van der Waals surface area contributed by atoms with E-state index in [1.165, 1.54) is 91.6 Å². The van der Waals surface area contributed by atoms with Crippen molar-refractivity contribution in [2.45, 2.75) is 25.0 Å². The molecule has 1 spiro atoms. The van der Waals surface area contributed by atoms with E-state index in [0.717, 1.165) is 0 Å². The fourth-order valence-electron chi connectivity index (χ4n) is 8.72. The lowest BCUT2D eigenvalue weighted by molar-refractivity contribution is 0.668. The molecule has 244 valence electrons. The van der Waals surface area contributed by atoms with Crippen molar-refractivity contribution in [3.8, 4) is 27.9 Å². The number of benzene rings is 8. The average Bonchev–Trinajstić information content (AvgIpc) is 3.55. The Hall–Kier alpha value is -5.74. The lowest BCUT2D eigenvalue weighted by atomic mass is 9.64. The first-order valence-electron chi connectivity index (χ1n) is 17.8. The molecule has 0 amide bonds. The van der Waals surface area contributed by atoms with Gasteiger partial charge in [-0.25, -0.2) is 0 Å². The molecule has 52 heavy (non-hydrogen) atoms. The van der Waals surface area contributed by atoms with Gasteiger partial charge in [-0.2, -0.15) is 0 Å². The smallest absolute Gasteiger partial charge is 0.0745 e. The number of fused-ring (bicyclic) bond motifs is 11. The number of para-hydroxylation sites is 2. The highest BCUT2D eigenvalue weighted by Gasteiger charge is 2.49. The van der Waals surface area contributed by atoms with Gasteiger partial charge in [-0.15, -0.1) is 0 Å². The molecule has 1 nitrogen and oxygen atoms in total. The quantitative estimate of drug-likeness (QED) is 0.181. The van der Waals surface area contributed by atoms with E-state index < -0.39 is 5.41 Å². The van der Waals surface area contributed by atoms with Crippen LogP contribution in [0.25, 0.3) is 49.7 Å². The molecule has 0 saturated carbocycles. The van der Waals surface area contributed by atoms with Crippen LogP contribution in [0.15, 0.2) is 208 Å². The molecule has 0 fully saturated rings. The van der Waals surface area contributed by atoms with Gasteiger partial charge in [0.1, 0.15) is 0 Å². The number of hydrogen-bond acceptors (Lipinski definition) is 2. The van der Waals surface area contributed by atoms with Gasteiger partial charge in [-0.3, -0.25) is 0 Å². The highest BCUT2D eigenvalue weighted by atomic mass is 32.2. The minimum atomic E-state index is -0.484. The van der Waals surface area contributed by atoms with Crippen molar-refractivity contribution in [2.75, 3.05) is 0 Å². The first-order chi connectivity index (χ1) is 25.8. The van der Waals surface area contributed by atoms with Gasteiger partial charge in [-0.05, 0) is 99.1 Å². The van der Waals surface area contributed by atoms with E-state index >= 15 is 0 Å². The van der Waals surface area contributed by atoms with Gasteiger partial charge in [0.25, 0.3) is 0 Å². The number of rotatable bonds is 3. The Morgan fingerprint density at radius 3 is 1.75 bits per heavy atom. The van der Waals surface area contributed by atoms with Crippen LogP contribution in [-0.2, 0) is 5.41 Å². The molecule has 0 N–H and O–H groups in total. The average molecular weight is 698 g/mol. The van der Waals surface area contributed by atoms with E-state index in [4.69, 9.17) is 0 Å². The SMILES string of the molecule is c1ccc(-c2cccc3c2Sc2ccc(-c4ccc5c(c4)c4ccccc4n5-c4ccccc4)cc2C32c3ccccc3Sc3ccccc32)cc1. The van der Waals surface area contributed by atoms with E-state index in [1.54, 1.807) is 0 Å². The zero-order valence-corrected chi connectivity index (χ0v) is 29.8. The van der Waals surface area contributed by atoms with E-state index in [1.807, 2.05) is 23.5 Å². The Balaban J connectivity index is 1.19. The zero-order chi connectivity index (χ0) is 34.2. The standard InChI is InChI=1S/C49H31NS2/c1-3-14-32(15-4-1)36-19-13-22-41-48(36)52-47-29-27-34(31-42(47)49(41)39-20-8-11-24-45(39)51-46-25-12-9-21-40(46)49)33-26-28-44-38(30-33)37-18-7-10-23-43(37)50(44)35-16-5-2-6-17-35/h1-31H. The van der Waals surface area contributed by atoms with Crippen molar-refractivity contribution in [2.24, 2.45) is 0 Å². The second kappa shape index (κ2) is 11.6. The van der Waals surface area contributed by atoms with Gasteiger partial charge >= 0.3 is 0 Å². The van der Waals surface area contributed by atoms with E-state index in [2.05, 4.69) is 193 Å². The van der Waals surface area contributed by atoms with Crippen LogP contribution in [0.4, 0.5) is 0 Å². The topological polar surface area (TPSA) is 4.93 Å². The summed E-state index contributed by atoms with van der Waals surface area (Å²) in [6.07, 6.45) is 0. The molecule has 3 heterocycles. The summed E-state index contributed by atoms with van der Waals surface area (Å²) in [7, 11) is 0. The molecule has 0 atom stereocenters. The second-order valence-electron chi connectivity index (χ2n) is 13.6. The molecule has 0 radical (unpaired) electrons. The number of hydrogen-bond donors (Lipinski definition) is 0. The third kappa shape index (κ3) is 4.27. The van der Waals surface area contributed by atoms with Crippen molar-refractivity contribution in [1.29, 1.82) is 0 Å². The van der Waals surface area contributed by atoms with Crippen LogP contribution in [0.5, 0.6) is 0 Å². The zero-order valence-electron chi connectivity index (χ0n) is 28.2. The molecule has 0 unspecified atom stereocenters. The maximum absolute atomic E-state index is 2.50. The van der Waals surface area contributed by atoms with Crippen LogP contribution >= 0.6 is 23.5 Å². The molecule has 11 rings (SSSR count). The lowest BCUT2D eigenvalue weighted by Crippen LogP contribution is -2.36. The monoisotopic (exact) mass is 697 g/mol. The molecular formula is C49H31NS2. The molecule has 9 aromatic rings. The van der Waals surface area contributed by atoms with E-state index in [-0.39, 0.29) is 0 Å². The molecule has 0 aliphatic carbocycles. The Labute approximate surface area is 311 Å². The summed E-state index contributed by atoms with van der Waals surface area (Å²) in [5.74, 6) is 0. The molecule has 8 aromatic carbocycles. The van der Waals surface area contributed by atoms with Crippen LogP contribution in [0.1, 0.15) is 22.3 Å². The fraction of sp³-hybridized carbons (Fsp3) is 0.0204. The van der Waals surface area contributed by atoms with Crippen molar-refractivity contribution < 1.29 is 0 Å². The number of nitrogens with zero attached hydrogens (tertiary/aromatic N) is 1. The van der Waals surface area contributed by atoms with E-state index in [9.17, 15) is 0 Å². The van der Waals surface area contributed by atoms with Gasteiger partial charge in [0.05, 0.1) is 16.4 Å². The highest BCUT2D eigenvalue weighted by molar-refractivity contribution is 8.00. The summed E-state index contributed by atoms with van der Waals surface area (Å²) in [4.78, 5) is 5.27. The summed E-state index contributed by atoms with van der Waals surface area (Å²) in [6.45, 7) is 0. The van der Waals surface area contributed by atoms with Crippen molar-refractivity contribution in [3.05, 3.63) is 210 Å². The Kier molecular flexibility index (Phi) is 6.70. The minimum absolute atomic E-state index is 0.484. The summed E-state index contributed by atoms with van der Waals surface area (Å²) < 4.78 is 2.39. The lowest BCUT2D eigenvalue weighted by Gasteiger charge is -2.46. The molecule has 0 saturated heterocycles.